The molecule has 0 amide bonds. The highest BCUT2D eigenvalue weighted by molar-refractivity contribution is 7.31. The van der Waals surface area contributed by atoms with Gasteiger partial charge >= 0.3 is 5.75 Å². The standard InChI is InChI=1S/C4H8BCl2O2/c6-5(7)9-3-1-8-2-4-9/h1-4H2. The topological polar surface area (TPSA) is 11.9 Å². The average molecular weight is 170 g/mol. The molecule has 1 aliphatic heterocycles. The molecule has 0 aliphatic carbocycles. The van der Waals surface area contributed by atoms with Crippen LogP contribution in [0.3, 0.4) is 0 Å². The van der Waals surface area contributed by atoms with Crippen LogP contribution in [0.5, 0.6) is 0 Å². The number of halogens is 2. The molecule has 0 spiro atoms. The number of ether oxygens (including phenoxy) is 1. The minimum Gasteiger partial charge on any atom is -0.661 e. The van der Waals surface area contributed by atoms with Gasteiger partial charge in [-0.2, -0.15) is 0 Å². The third-order valence-electron chi connectivity index (χ3n) is 1.23. The quantitative estimate of drug-likeness (QED) is 0.422. The van der Waals surface area contributed by atoms with Crippen molar-refractivity contribution in [1.82, 2.24) is 0 Å². The van der Waals surface area contributed by atoms with Crippen molar-refractivity contribution < 1.29 is 9.02 Å². The minimum atomic E-state index is -0.450. The number of rotatable bonds is 1. The zero-order valence-electron chi connectivity index (χ0n) is 4.98. The molecular weight excluding hydrogens is 162 g/mol. The van der Waals surface area contributed by atoms with Gasteiger partial charge in [-0.05, 0) is 0 Å². The summed E-state index contributed by atoms with van der Waals surface area (Å²) in [5, 5.41) is 0. The van der Waals surface area contributed by atoms with E-state index in [4.69, 9.17) is 27.7 Å². The molecule has 0 aromatic heterocycles. The summed E-state index contributed by atoms with van der Waals surface area (Å²) in [5.74, 6) is -0.450. The lowest BCUT2D eigenvalue weighted by Crippen LogP contribution is -2.34. The molecule has 5 heteroatoms. The Labute approximate surface area is 64.7 Å². The summed E-state index contributed by atoms with van der Waals surface area (Å²) in [6, 6.07) is 0. The van der Waals surface area contributed by atoms with Gasteiger partial charge in [-0.25, -0.2) is 0 Å². The second-order valence-electron chi connectivity index (χ2n) is 1.82. The summed E-state index contributed by atoms with van der Waals surface area (Å²) in [4.78, 5) is 0. The van der Waals surface area contributed by atoms with E-state index in [-0.39, 0.29) is 0 Å². The van der Waals surface area contributed by atoms with Crippen molar-refractivity contribution in [2.45, 2.75) is 0 Å². The van der Waals surface area contributed by atoms with Crippen molar-refractivity contribution in [2.24, 2.45) is 0 Å². The molecule has 53 valence electrons. The van der Waals surface area contributed by atoms with Crippen molar-refractivity contribution in [3.63, 3.8) is 0 Å². The minimum absolute atomic E-state index is 0.450. The zero-order chi connectivity index (χ0) is 6.69. The molecular formula is C4H8BCl2O2. The second kappa shape index (κ2) is 3.66. The molecule has 0 N–H and O–H groups in total. The van der Waals surface area contributed by atoms with Gasteiger partial charge in [-0.3, -0.25) is 22.9 Å². The fraction of sp³-hybridized carbons (Fsp3) is 1.00. The summed E-state index contributed by atoms with van der Waals surface area (Å²) >= 11 is 11.1. The first kappa shape index (κ1) is 7.67. The van der Waals surface area contributed by atoms with E-state index in [1.54, 1.807) is 0 Å². The van der Waals surface area contributed by atoms with Crippen LogP contribution in [0.2, 0.25) is 0 Å². The third kappa shape index (κ3) is 2.34. The fourth-order valence-corrected chi connectivity index (χ4v) is 1.07. The van der Waals surface area contributed by atoms with E-state index in [2.05, 4.69) is 4.28 Å². The van der Waals surface area contributed by atoms with E-state index >= 15 is 0 Å². The Morgan fingerprint density at radius 3 is 2.11 bits per heavy atom. The molecule has 1 radical (unpaired) electrons. The van der Waals surface area contributed by atoms with Crippen molar-refractivity contribution in [3.05, 3.63) is 0 Å². The third-order valence-corrected chi connectivity index (χ3v) is 1.74. The predicted octanol–water partition coefficient (Wildman–Crippen LogP) is 1.03. The van der Waals surface area contributed by atoms with Gasteiger partial charge in [-0.15, -0.1) is 0 Å². The van der Waals surface area contributed by atoms with Gasteiger partial charge in [-0.1, -0.05) is 0 Å². The van der Waals surface area contributed by atoms with Crippen LogP contribution in [0.25, 0.3) is 0 Å². The molecule has 1 heterocycles. The maximum absolute atomic E-state index is 5.56. The van der Waals surface area contributed by atoms with E-state index in [9.17, 15) is 0 Å². The predicted molar refractivity (Wildman–Crippen MR) is 39.1 cm³/mol. The summed E-state index contributed by atoms with van der Waals surface area (Å²) in [6.45, 7) is 2.94. The van der Waals surface area contributed by atoms with Gasteiger partial charge in [0, 0.05) is 0 Å². The first-order valence-corrected chi connectivity index (χ1v) is 3.70. The van der Waals surface area contributed by atoms with Crippen molar-refractivity contribution >= 4 is 28.7 Å². The number of hydrogen-bond acceptors (Lipinski definition) is 1. The molecule has 0 bridgehead atoms. The monoisotopic (exact) mass is 169 g/mol. The molecule has 0 aromatic rings. The van der Waals surface area contributed by atoms with E-state index in [1.807, 2.05) is 0 Å². The smallest absolute Gasteiger partial charge is 0.441 e. The Bertz CT molecular complexity index is 84.6. The van der Waals surface area contributed by atoms with Gasteiger partial charge in [0.25, 0.3) is 0 Å². The molecule has 1 saturated heterocycles. The lowest BCUT2D eigenvalue weighted by Gasteiger charge is -2.34. The van der Waals surface area contributed by atoms with E-state index in [0.717, 1.165) is 13.2 Å². The highest BCUT2D eigenvalue weighted by atomic mass is 35.5. The van der Waals surface area contributed by atoms with E-state index in [1.165, 1.54) is 0 Å². The Hall–Kier alpha value is 0.565. The average Bonchev–Trinajstić information content (AvgIpc) is 1.90. The Morgan fingerprint density at radius 1 is 1.22 bits per heavy atom. The van der Waals surface area contributed by atoms with Crippen LogP contribution in [0.1, 0.15) is 0 Å². The van der Waals surface area contributed by atoms with Gasteiger partial charge in [0.1, 0.15) is 26.4 Å². The Kier molecular flexibility index (Phi) is 3.12. The maximum atomic E-state index is 5.56. The van der Waals surface area contributed by atoms with Crippen LogP contribution in [-0.2, 0) is 9.02 Å². The normalized spacial score (nSPS) is 23.0. The largest absolute Gasteiger partial charge is 0.661 e. The van der Waals surface area contributed by atoms with E-state index < -0.39 is 5.75 Å². The van der Waals surface area contributed by atoms with Gasteiger partial charge in [0.15, 0.2) is 0 Å². The van der Waals surface area contributed by atoms with Crippen LogP contribution in [0.15, 0.2) is 0 Å². The van der Waals surface area contributed by atoms with Crippen molar-refractivity contribution in [1.29, 1.82) is 0 Å². The van der Waals surface area contributed by atoms with Gasteiger partial charge in [0.2, 0.25) is 0 Å². The second-order valence-corrected chi connectivity index (χ2v) is 2.83. The molecule has 0 atom stereocenters. The van der Waals surface area contributed by atoms with Gasteiger partial charge in [0.05, 0.1) is 0 Å². The first-order valence-electron chi connectivity index (χ1n) is 2.83. The molecule has 1 fully saturated rings. The summed E-state index contributed by atoms with van der Waals surface area (Å²) < 4.78 is 7.79. The van der Waals surface area contributed by atoms with Gasteiger partial charge < -0.3 is 9.02 Å². The van der Waals surface area contributed by atoms with Crippen LogP contribution in [0.4, 0.5) is 0 Å². The fourth-order valence-electron chi connectivity index (χ4n) is 0.714. The van der Waals surface area contributed by atoms with Crippen LogP contribution in [-0.4, -0.2) is 32.2 Å². The van der Waals surface area contributed by atoms with Crippen molar-refractivity contribution in [3.8, 4) is 0 Å². The number of hydrogen-bond donors (Lipinski definition) is 0. The Balaban J connectivity index is 2.23. The lowest BCUT2D eigenvalue weighted by molar-refractivity contribution is -0.0987. The summed E-state index contributed by atoms with van der Waals surface area (Å²) in [7, 11) is 0. The SMILES string of the molecule is Cl[B-](Cl)[O+]1CCOCC1. The molecule has 0 unspecified atom stereocenters. The van der Waals surface area contributed by atoms with Crippen LogP contribution >= 0.6 is 22.9 Å². The van der Waals surface area contributed by atoms with Crippen molar-refractivity contribution in [2.75, 3.05) is 26.4 Å². The molecule has 2 nitrogen and oxygen atoms in total. The van der Waals surface area contributed by atoms with Crippen LogP contribution < -0.4 is 0 Å². The molecule has 9 heavy (non-hydrogen) atoms. The Morgan fingerprint density at radius 2 is 1.78 bits per heavy atom. The van der Waals surface area contributed by atoms with Crippen LogP contribution in [0, 0.1) is 0 Å². The first-order chi connectivity index (χ1) is 4.30. The lowest BCUT2D eigenvalue weighted by atomic mass is 10.4. The molecule has 1 aliphatic rings. The summed E-state index contributed by atoms with van der Waals surface area (Å²) in [5.41, 5.74) is 0. The molecule has 0 aromatic carbocycles. The molecule has 1 rings (SSSR count). The zero-order valence-corrected chi connectivity index (χ0v) is 6.49. The molecule has 0 saturated carbocycles. The highest BCUT2D eigenvalue weighted by Gasteiger charge is 2.14. The maximum Gasteiger partial charge on any atom is 0.441 e. The van der Waals surface area contributed by atoms with E-state index in [0.29, 0.717) is 13.2 Å². The highest BCUT2D eigenvalue weighted by Crippen LogP contribution is 2.11. The summed E-state index contributed by atoms with van der Waals surface area (Å²) in [6.07, 6.45) is 0.